The van der Waals surface area contributed by atoms with E-state index in [1.165, 1.54) is 0 Å². The fourth-order valence-corrected chi connectivity index (χ4v) is 1.43. The molecule has 1 aromatic heterocycles. The molecule has 108 valence electrons. The van der Waals surface area contributed by atoms with Crippen LogP contribution in [0.25, 0.3) is 0 Å². The topological polar surface area (TPSA) is 63.0 Å². The summed E-state index contributed by atoms with van der Waals surface area (Å²) in [6.07, 6.45) is 0. The first-order valence-corrected chi connectivity index (χ1v) is 5.93. The minimum atomic E-state index is -1.30. The van der Waals surface area contributed by atoms with Crippen LogP contribution in [0.5, 0.6) is 0 Å². The zero-order valence-corrected chi connectivity index (χ0v) is 10.9. The van der Waals surface area contributed by atoms with Crippen LogP contribution in [-0.4, -0.2) is 16.2 Å². The summed E-state index contributed by atoms with van der Waals surface area (Å²) in [6, 6.07) is 1.34. The standard InChI is InChI=1S/C12H13F3N4O/c1-6(2)16-5-10-18-19-12(20-10)17-9-4-7(13)3-8(14)11(9)15/h3-4,6,16H,5H2,1-2H3,(H,17,19). The van der Waals surface area contributed by atoms with Gasteiger partial charge in [0.2, 0.25) is 5.89 Å². The summed E-state index contributed by atoms with van der Waals surface area (Å²) in [5.74, 6) is -3.15. The van der Waals surface area contributed by atoms with E-state index in [1.807, 2.05) is 13.8 Å². The van der Waals surface area contributed by atoms with Crippen molar-refractivity contribution in [1.29, 1.82) is 0 Å². The van der Waals surface area contributed by atoms with E-state index in [9.17, 15) is 13.2 Å². The lowest BCUT2D eigenvalue weighted by Crippen LogP contribution is -2.21. The normalized spacial score (nSPS) is 11.1. The van der Waals surface area contributed by atoms with Gasteiger partial charge in [-0.2, -0.15) is 0 Å². The molecular weight excluding hydrogens is 273 g/mol. The molecule has 2 N–H and O–H groups in total. The van der Waals surface area contributed by atoms with E-state index in [0.717, 1.165) is 6.07 Å². The molecule has 0 saturated heterocycles. The summed E-state index contributed by atoms with van der Waals surface area (Å²) in [7, 11) is 0. The Bertz CT molecular complexity index is 600. The summed E-state index contributed by atoms with van der Waals surface area (Å²) < 4.78 is 44.6. The van der Waals surface area contributed by atoms with Crippen molar-refractivity contribution >= 4 is 11.7 Å². The predicted molar refractivity (Wildman–Crippen MR) is 65.9 cm³/mol. The molecule has 0 aliphatic heterocycles. The van der Waals surface area contributed by atoms with Crippen LogP contribution in [0.2, 0.25) is 0 Å². The highest BCUT2D eigenvalue weighted by Gasteiger charge is 2.14. The highest BCUT2D eigenvalue weighted by molar-refractivity contribution is 5.53. The Balaban J connectivity index is 2.11. The quantitative estimate of drug-likeness (QED) is 0.827. The Kier molecular flexibility index (Phi) is 4.23. The minimum Gasteiger partial charge on any atom is -0.406 e. The largest absolute Gasteiger partial charge is 0.406 e. The molecule has 8 heteroatoms. The monoisotopic (exact) mass is 286 g/mol. The second-order valence-electron chi connectivity index (χ2n) is 4.41. The number of benzene rings is 1. The smallest absolute Gasteiger partial charge is 0.320 e. The fourth-order valence-electron chi connectivity index (χ4n) is 1.43. The first-order valence-electron chi connectivity index (χ1n) is 5.93. The maximum atomic E-state index is 13.4. The molecule has 0 aliphatic rings. The molecular formula is C12H13F3N4O. The molecule has 2 aromatic rings. The van der Waals surface area contributed by atoms with Gasteiger partial charge >= 0.3 is 6.01 Å². The van der Waals surface area contributed by atoms with Crippen molar-refractivity contribution in [3.63, 3.8) is 0 Å². The molecule has 0 saturated carbocycles. The molecule has 0 spiro atoms. The van der Waals surface area contributed by atoms with Crippen LogP contribution in [0.1, 0.15) is 19.7 Å². The first-order chi connectivity index (χ1) is 9.45. The van der Waals surface area contributed by atoms with Crippen LogP contribution in [0.4, 0.5) is 24.9 Å². The summed E-state index contributed by atoms with van der Waals surface area (Å²) in [6.45, 7) is 4.23. The molecule has 0 fully saturated rings. The second kappa shape index (κ2) is 5.91. The first kappa shape index (κ1) is 14.3. The molecule has 20 heavy (non-hydrogen) atoms. The Morgan fingerprint density at radius 1 is 1.20 bits per heavy atom. The highest BCUT2D eigenvalue weighted by atomic mass is 19.2. The molecule has 1 heterocycles. The van der Waals surface area contributed by atoms with E-state index in [4.69, 9.17) is 4.42 Å². The second-order valence-corrected chi connectivity index (χ2v) is 4.41. The van der Waals surface area contributed by atoms with E-state index >= 15 is 0 Å². The van der Waals surface area contributed by atoms with Gasteiger partial charge in [-0.1, -0.05) is 18.9 Å². The van der Waals surface area contributed by atoms with E-state index in [0.29, 0.717) is 12.6 Å². The lowest BCUT2D eigenvalue weighted by molar-refractivity contribution is 0.459. The average molecular weight is 286 g/mol. The third-order valence-electron chi connectivity index (χ3n) is 2.36. The van der Waals surface area contributed by atoms with Gasteiger partial charge in [0, 0.05) is 18.2 Å². The van der Waals surface area contributed by atoms with Gasteiger partial charge in [-0.25, -0.2) is 13.2 Å². The molecule has 1 aromatic carbocycles. The molecule has 2 rings (SSSR count). The number of hydrogen-bond donors (Lipinski definition) is 2. The summed E-state index contributed by atoms with van der Waals surface area (Å²) in [5.41, 5.74) is -0.408. The van der Waals surface area contributed by atoms with Crippen LogP contribution in [0.15, 0.2) is 16.5 Å². The zero-order chi connectivity index (χ0) is 14.7. The SMILES string of the molecule is CC(C)NCc1nnc(Nc2cc(F)cc(F)c2F)o1. The van der Waals surface area contributed by atoms with Gasteiger partial charge in [-0.3, -0.25) is 0 Å². The average Bonchev–Trinajstić information content (AvgIpc) is 2.80. The molecule has 0 amide bonds. The maximum absolute atomic E-state index is 13.4. The van der Waals surface area contributed by atoms with Crippen molar-refractivity contribution in [3.8, 4) is 0 Å². The van der Waals surface area contributed by atoms with E-state index < -0.39 is 23.1 Å². The molecule has 0 radical (unpaired) electrons. The van der Waals surface area contributed by atoms with Crippen molar-refractivity contribution in [2.24, 2.45) is 0 Å². The van der Waals surface area contributed by atoms with Crippen LogP contribution in [-0.2, 0) is 6.54 Å². The van der Waals surface area contributed by atoms with Crippen molar-refractivity contribution in [2.45, 2.75) is 26.4 Å². The van der Waals surface area contributed by atoms with Gasteiger partial charge in [-0.05, 0) is 0 Å². The van der Waals surface area contributed by atoms with Crippen LogP contribution < -0.4 is 10.6 Å². The third-order valence-corrected chi connectivity index (χ3v) is 2.36. The van der Waals surface area contributed by atoms with Gasteiger partial charge in [0.15, 0.2) is 11.6 Å². The number of nitrogens with one attached hydrogen (secondary N) is 2. The number of halogens is 3. The Morgan fingerprint density at radius 3 is 2.65 bits per heavy atom. The van der Waals surface area contributed by atoms with Crippen LogP contribution in [0.3, 0.4) is 0 Å². The zero-order valence-electron chi connectivity index (χ0n) is 10.9. The van der Waals surface area contributed by atoms with Crippen molar-refractivity contribution in [1.82, 2.24) is 15.5 Å². The summed E-state index contributed by atoms with van der Waals surface area (Å²) >= 11 is 0. The maximum Gasteiger partial charge on any atom is 0.320 e. The number of anilines is 2. The van der Waals surface area contributed by atoms with Crippen molar-refractivity contribution in [2.75, 3.05) is 5.32 Å². The highest BCUT2D eigenvalue weighted by Crippen LogP contribution is 2.22. The number of rotatable bonds is 5. The molecule has 5 nitrogen and oxygen atoms in total. The number of aromatic nitrogens is 2. The third kappa shape index (κ3) is 3.47. The molecule has 0 aliphatic carbocycles. The number of hydrogen-bond acceptors (Lipinski definition) is 5. The van der Waals surface area contributed by atoms with Crippen LogP contribution in [0, 0.1) is 17.5 Å². The van der Waals surface area contributed by atoms with E-state index in [2.05, 4.69) is 20.8 Å². The van der Waals surface area contributed by atoms with Crippen molar-refractivity contribution < 1.29 is 17.6 Å². The molecule has 0 atom stereocenters. The lowest BCUT2D eigenvalue weighted by Gasteiger charge is -2.05. The van der Waals surface area contributed by atoms with Crippen molar-refractivity contribution in [3.05, 3.63) is 35.5 Å². The minimum absolute atomic E-state index is 0.144. The van der Waals surface area contributed by atoms with E-state index in [-0.39, 0.29) is 17.9 Å². The lowest BCUT2D eigenvalue weighted by atomic mass is 10.3. The Morgan fingerprint density at radius 2 is 1.95 bits per heavy atom. The van der Waals surface area contributed by atoms with Gasteiger partial charge in [0.1, 0.15) is 5.82 Å². The van der Waals surface area contributed by atoms with Gasteiger partial charge in [-0.15, -0.1) is 5.10 Å². The summed E-state index contributed by atoms with van der Waals surface area (Å²) in [5, 5.41) is 12.7. The Labute approximate surface area is 113 Å². The van der Waals surface area contributed by atoms with Gasteiger partial charge in [0.25, 0.3) is 0 Å². The number of nitrogens with zero attached hydrogens (tertiary/aromatic N) is 2. The molecule has 0 bridgehead atoms. The van der Waals surface area contributed by atoms with Gasteiger partial charge < -0.3 is 15.1 Å². The van der Waals surface area contributed by atoms with Crippen LogP contribution >= 0.6 is 0 Å². The summed E-state index contributed by atoms with van der Waals surface area (Å²) in [4.78, 5) is 0. The Hall–Kier alpha value is -2.09. The van der Waals surface area contributed by atoms with Gasteiger partial charge in [0.05, 0.1) is 12.2 Å². The fraction of sp³-hybridized carbons (Fsp3) is 0.333. The predicted octanol–water partition coefficient (Wildman–Crippen LogP) is 2.73. The van der Waals surface area contributed by atoms with E-state index in [1.54, 1.807) is 0 Å². The molecule has 0 unspecified atom stereocenters.